The molecule has 4 aliphatic rings. The number of unbranched alkanes of at least 4 members (excludes halogenated alkanes) is 13. The lowest BCUT2D eigenvalue weighted by Crippen LogP contribution is -2.51. The number of allylic oxidation sites excluding steroid dienone is 1. The van der Waals surface area contributed by atoms with Crippen LogP contribution in [0, 0.1) is 46.3 Å². The van der Waals surface area contributed by atoms with Crippen LogP contribution in [0.3, 0.4) is 0 Å². The summed E-state index contributed by atoms with van der Waals surface area (Å²) in [4.78, 5) is 12.8. The summed E-state index contributed by atoms with van der Waals surface area (Å²) >= 11 is 0. The maximum Gasteiger partial charge on any atom is 0.306 e. The molecule has 4 rings (SSSR count). The third-order valence-corrected chi connectivity index (χ3v) is 14.3. The molecule has 0 aromatic carbocycles. The van der Waals surface area contributed by atoms with Crippen LogP contribution in [0.2, 0.25) is 0 Å². The summed E-state index contributed by atoms with van der Waals surface area (Å²) in [5.41, 5.74) is 2.54. The highest BCUT2D eigenvalue weighted by Crippen LogP contribution is 2.67. The second kappa shape index (κ2) is 18.8. The molecule has 0 radical (unpaired) electrons. The normalized spacial score (nSPS) is 32.8. The summed E-state index contributed by atoms with van der Waals surface area (Å²) in [5.74, 6) is 5.34. The standard InChI is InChI=1S/C44H78O2/c1-7-8-9-10-11-12-13-14-15-16-17-18-19-20-24-42(45)46-37-29-31-43(5)36(33-37)25-26-38-40-28-27-39(35(4)23-21-22-34(2)3)44(40,6)32-30-41(38)43/h25,34-35,37-41H,7-24,26-33H2,1-6H3/t35-,37-,38+,39-,40+,41+,43-,44-/m0/s1. The summed E-state index contributed by atoms with van der Waals surface area (Å²) in [6, 6.07) is 0. The maximum atomic E-state index is 12.8. The van der Waals surface area contributed by atoms with Crippen molar-refractivity contribution in [2.75, 3.05) is 0 Å². The minimum Gasteiger partial charge on any atom is -0.462 e. The Kier molecular flexibility index (Phi) is 15.6. The van der Waals surface area contributed by atoms with Gasteiger partial charge in [-0.05, 0) is 97.7 Å². The topological polar surface area (TPSA) is 26.3 Å². The number of hydrogen-bond donors (Lipinski definition) is 0. The number of esters is 1. The lowest BCUT2D eigenvalue weighted by atomic mass is 9.47. The Morgan fingerprint density at radius 2 is 1.39 bits per heavy atom. The number of fused-ring (bicyclic) bond motifs is 5. The highest BCUT2D eigenvalue weighted by Gasteiger charge is 2.59. The molecule has 0 aliphatic heterocycles. The van der Waals surface area contributed by atoms with E-state index in [1.807, 2.05) is 0 Å². The van der Waals surface area contributed by atoms with Crippen LogP contribution in [-0.4, -0.2) is 12.1 Å². The van der Waals surface area contributed by atoms with E-state index in [0.717, 1.165) is 54.8 Å². The minimum atomic E-state index is 0.0646. The van der Waals surface area contributed by atoms with Crippen molar-refractivity contribution >= 4 is 5.97 Å². The molecule has 3 saturated carbocycles. The van der Waals surface area contributed by atoms with E-state index in [9.17, 15) is 4.79 Å². The Bertz CT molecular complexity index is 919. The number of ether oxygens (including phenoxy) is 1. The van der Waals surface area contributed by atoms with Gasteiger partial charge < -0.3 is 4.74 Å². The van der Waals surface area contributed by atoms with Gasteiger partial charge in [0.25, 0.3) is 0 Å². The fraction of sp³-hybridized carbons (Fsp3) is 0.932. The molecule has 0 aromatic heterocycles. The van der Waals surface area contributed by atoms with Crippen LogP contribution >= 0.6 is 0 Å². The van der Waals surface area contributed by atoms with Crippen molar-refractivity contribution in [1.29, 1.82) is 0 Å². The van der Waals surface area contributed by atoms with E-state index in [2.05, 4.69) is 47.6 Å². The summed E-state index contributed by atoms with van der Waals surface area (Å²) in [6.45, 7) is 15.0. The predicted molar refractivity (Wildman–Crippen MR) is 198 cm³/mol. The Morgan fingerprint density at radius 1 is 0.761 bits per heavy atom. The molecule has 0 bridgehead atoms. The maximum absolute atomic E-state index is 12.8. The van der Waals surface area contributed by atoms with Crippen LogP contribution < -0.4 is 0 Å². The van der Waals surface area contributed by atoms with Gasteiger partial charge in [0, 0.05) is 12.8 Å². The van der Waals surface area contributed by atoms with Gasteiger partial charge in [-0.1, -0.05) is 156 Å². The highest BCUT2D eigenvalue weighted by molar-refractivity contribution is 5.69. The summed E-state index contributed by atoms with van der Waals surface area (Å²) in [7, 11) is 0. The van der Waals surface area contributed by atoms with Gasteiger partial charge in [-0.3, -0.25) is 4.79 Å². The largest absolute Gasteiger partial charge is 0.462 e. The zero-order chi connectivity index (χ0) is 33.0. The molecule has 266 valence electrons. The van der Waals surface area contributed by atoms with Crippen molar-refractivity contribution in [2.45, 2.75) is 215 Å². The van der Waals surface area contributed by atoms with E-state index in [1.54, 1.807) is 5.57 Å². The van der Waals surface area contributed by atoms with Gasteiger partial charge >= 0.3 is 5.97 Å². The summed E-state index contributed by atoms with van der Waals surface area (Å²) in [5, 5.41) is 0. The highest BCUT2D eigenvalue weighted by atomic mass is 16.5. The van der Waals surface area contributed by atoms with Gasteiger partial charge in [-0.2, -0.15) is 0 Å². The Balaban J connectivity index is 1.12. The monoisotopic (exact) mass is 639 g/mol. The first-order valence-electron chi connectivity index (χ1n) is 21.1. The van der Waals surface area contributed by atoms with E-state index in [1.165, 1.54) is 141 Å². The fourth-order valence-corrected chi connectivity index (χ4v) is 11.5. The Labute approximate surface area is 287 Å². The molecular weight excluding hydrogens is 560 g/mol. The number of hydrogen-bond acceptors (Lipinski definition) is 2. The zero-order valence-electron chi connectivity index (χ0n) is 31.8. The first kappa shape index (κ1) is 38.0. The average Bonchev–Trinajstić information content (AvgIpc) is 3.38. The third kappa shape index (κ3) is 10.1. The van der Waals surface area contributed by atoms with Gasteiger partial charge in [0.1, 0.15) is 6.10 Å². The molecule has 0 aromatic rings. The van der Waals surface area contributed by atoms with Crippen LogP contribution in [0.25, 0.3) is 0 Å². The molecule has 2 heteroatoms. The third-order valence-electron chi connectivity index (χ3n) is 14.3. The van der Waals surface area contributed by atoms with Gasteiger partial charge in [0.05, 0.1) is 0 Å². The summed E-state index contributed by atoms with van der Waals surface area (Å²) < 4.78 is 6.13. The lowest BCUT2D eigenvalue weighted by molar-refractivity contribution is -0.151. The molecule has 0 saturated heterocycles. The SMILES string of the molecule is CCCCCCCCCCCCCCCCC(=O)O[C@H]1CC[C@@]2(C)C(=CC[C@@H]3[C@H]4CC[C@@H]([C@@H](C)CCCC(C)C)[C@]4(C)CC[C@H]32)C1. The molecule has 0 unspecified atom stereocenters. The molecule has 8 atom stereocenters. The Hall–Kier alpha value is -0.790. The molecule has 0 amide bonds. The average molecular weight is 639 g/mol. The van der Waals surface area contributed by atoms with Gasteiger partial charge in [0.2, 0.25) is 0 Å². The van der Waals surface area contributed by atoms with Crippen LogP contribution in [-0.2, 0) is 9.53 Å². The molecule has 3 fully saturated rings. The first-order chi connectivity index (χ1) is 22.2. The quantitative estimate of drug-likeness (QED) is 0.0710. The fourth-order valence-electron chi connectivity index (χ4n) is 11.5. The van der Waals surface area contributed by atoms with Crippen molar-refractivity contribution in [3.63, 3.8) is 0 Å². The van der Waals surface area contributed by atoms with E-state index in [0.29, 0.717) is 17.3 Å². The first-order valence-corrected chi connectivity index (χ1v) is 21.1. The number of carbonyl (C=O) groups excluding carboxylic acids is 1. The Morgan fingerprint density at radius 3 is 2.02 bits per heavy atom. The van der Waals surface area contributed by atoms with Gasteiger partial charge in [-0.25, -0.2) is 0 Å². The molecular formula is C44H78O2. The molecule has 0 spiro atoms. The predicted octanol–water partition coefficient (Wildman–Crippen LogP) is 13.8. The van der Waals surface area contributed by atoms with Crippen molar-refractivity contribution in [3.8, 4) is 0 Å². The van der Waals surface area contributed by atoms with E-state index >= 15 is 0 Å². The lowest BCUT2D eigenvalue weighted by Gasteiger charge is -2.58. The van der Waals surface area contributed by atoms with Crippen molar-refractivity contribution < 1.29 is 9.53 Å². The van der Waals surface area contributed by atoms with E-state index in [-0.39, 0.29) is 12.1 Å². The van der Waals surface area contributed by atoms with E-state index in [4.69, 9.17) is 4.74 Å². The van der Waals surface area contributed by atoms with Crippen LogP contribution in [0.15, 0.2) is 11.6 Å². The summed E-state index contributed by atoms with van der Waals surface area (Å²) in [6.07, 6.45) is 36.9. The van der Waals surface area contributed by atoms with Crippen LogP contribution in [0.5, 0.6) is 0 Å². The molecule has 0 N–H and O–H groups in total. The second-order valence-electron chi connectivity index (χ2n) is 18.0. The van der Waals surface area contributed by atoms with Gasteiger partial charge in [0.15, 0.2) is 0 Å². The number of rotatable bonds is 21. The van der Waals surface area contributed by atoms with Crippen LogP contribution in [0.4, 0.5) is 0 Å². The van der Waals surface area contributed by atoms with Crippen molar-refractivity contribution in [2.24, 2.45) is 46.3 Å². The molecule has 46 heavy (non-hydrogen) atoms. The molecule has 2 nitrogen and oxygen atoms in total. The van der Waals surface area contributed by atoms with Crippen molar-refractivity contribution in [1.82, 2.24) is 0 Å². The van der Waals surface area contributed by atoms with Gasteiger partial charge in [-0.15, -0.1) is 0 Å². The zero-order valence-corrected chi connectivity index (χ0v) is 31.8. The molecule has 0 heterocycles. The van der Waals surface area contributed by atoms with Crippen molar-refractivity contribution in [3.05, 3.63) is 11.6 Å². The minimum absolute atomic E-state index is 0.0646. The number of carbonyl (C=O) groups is 1. The smallest absolute Gasteiger partial charge is 0.306 e. The van der Waals surface area contributed by atoms with E-state index < -0.39 is 0 Å². The molecule has 4 aliphatic carbocycles. The van der Waals surface area contributed by atoms with Crippen LogP contribution in [0.1, 0.15) is 208 Å². The second-order valence-corrected chi connectivity index (χ2v) is 18.0.